The zero-order valence-electron chi connectivity index (χ0n) is 18.4. The number of hydrogen-bond donors (Lipinski definition) is 3. The van der Waals surface area contributed by atoms with Gasteiger partial charge in [-0.2, -0.15) is 0 Å². The molecule has 2 aromatic carbocycles. The Bertz CT molecular complexity index is 1350. The number of fused-ring (bicyclic) bond motifs is 1. The van der Waals surface area contributed by atoms with Gasteiger partial charge >= 0.3 is 5.97 Å². The predicted octanol–water partition coefficient (Wildman–Crippen LogP) is 1.52. The standard InChI is InChI=1S/C24H22N6O5/c25-17-16(11-34-24(33)15-9-5-2-6-10-15)35-23(19(17)31)30-13-28-18-20(26-12-27-21(18)30)29-22(32)14-7-3-1-4-8-14/h1-10,12-13,16-17,19,23,31H,11,25H2,(H,26,27,29,32)/t16-,17-,19+,23-/m1/s1. The first-order valence-corrected chi connectivity index (χ1v) is 10.9. The van der Waals surface area contributed by atoms with E-state index in [0.29, 0.717) is 22.3 Å². The van der Waals surface area contributed by atoms with E-state index in [0.717, 1.165) is 0 Å². The maximum absolute atomic E-state index is 12.6. The smallest absolute Gasteiger partial charge is 0.338 e. The second-order valence-electron chi connectivity index (χ2n) is 7.96. The van der Waals surface area contributed by atoms with Gasteiger partial charge in [0.05, 0.1) is 17.9 Å². The molecule has 3 heterocycles. The van der Waals surface area contributed by atoms with E-state index in [1.54, 1.807) is 54.6 Å². The van der Waals surface area contributed by atoms with Crippen LogP contribution < -0.4 is 11.1 Å². The van der Waals surface area contributed by atoms with E-state index in [-0.39, 0.29) is 18.3 Å². The Morgan fingerprint density at radius 2 is 1.71 bits per heavy atom. The number of benzene rings is 2. The van der Waals surface area contributed by atoms with E-state index in [1.165, 1.54) is 17.2 Å². The molecule has 1 aliphatic rings. The number of nitrogens with zero attached hydrogens (tertiary/aromatic N) is 4. The van der Waals surface area contributed by atoms with Gasteiger partial charge in [-0.05, 0) is 24.3 Å². The zero-order valence-corrected chi connectivity index (χ0v) is 18.4. The minimum Gasteiger partial charge on any atom is -0.459 e. The second-order valence-corrected chi connectivity index (χ2v) is 7.96. The summed E-state index contributed by atoms with van der Waals surface area (Å²) in [7, 11) is 0. The number of nitrogens with one attached hydrogen (secondary N) is 1. The molecule has 4 N–H and O–H groups in total. The van der Waals surface area contributed by atoms with Gasteiger partial charge < -0.3 is 25.6 Å². The fourth-order valence-corrected chi connectivity index (χ4v) is 3.86. The lowest BCUT2D eigenvalue weighted by Crippen LogP contribution is -2.42. The molecule has 178 valence electrons. The van der Waals surface area contributed by atoms with Gasteiger partial charge in [0.2, 0.25) is 0 Å². The van der Waals surface area contributed by atoms with Gasteiger partial charge in [-0.25, -0.2) is 19.7 Å². The number of carbonyl (C=O) groups is 2. The molecule has 1 fully saturated rings. The van der Waals surface area contributed by atoms with Crippen LogP contribution in [0.1, 0.15) is 26.9 Å². The Kier molecular flexibility index (Phi) is 6.19. The Morgan fingerprint density at radius 1 is 1.03 bits per heavy atom. The highest BCUT2D eigenvalue weighted by Gasteiger charge is 2.44. The highest BCUT2D eigenvalue weighted by atomic mass is 16.6. The molecular formula is C24H22N6O5. The summed E-state index contributed by atoms with van der Waals surface area (Å²) in [6, 6.07) is 16.4. The van der Waals surface area contributed by atoms with Gasteiger partial charge in [0.15, 0.2) is 23.2 Å². The summed E-state index contributed by atoms with van der Waals surface area (Å²) in [5.41, 5.74) is 7.68. The van der Waals surface area contributed by atoms with Gasteiger partial charge in [0.1, 0.15) is 25.1 Å². The molecule has 1 aliphatic heterocycles. The van der Waals surface area contributed by atoms with Crippen LogP contribution in [0, 0.1) is 0 Å². The molecule has 0 aliphatic carbocycles. The van der Waals surface area contributed by atoms with Crippen molar-refractivity contribution in [2.75, 3.05) is 11.9 Å². The molecule has 2 aromatic heterocycles. The van der Waals surface area contributed by atoms with E-state index in [9.17, 15) is 14.7 Å². The van der Waals surface area contributed by atoms with E-state index in [4.69, 9.17) is 15.2 Å². The molecule has 4 atom stereocenters. The van der Waals surface area contributed by atoms with E-state index in [2.05, 4.69) is 20.3 Å². The topological polar surface area (TPSA) is 154 Å². The Balaban J connectivity index is 1.32. The lowest BCUT2D eigenvalue weighted by Gasteiger charge is -2.16. The molecular weight excluding hydrogens is 452 g/mol. The summed E-state index contributed by atoms with van der Waals surface area (Å²) in [6.07, 6.45) is -0.0924. The number of aliphatic hydroxyl groups is 1. The lowest BCUT2D eigenvalue weighted by molar-refractivity contribution is -0.0534. The largest absolute Gasteiger partial charge is 0.459 e. The van der Waals surface area contributed by atoms with Crippen molar-refractivity contribution >= 4 is 28.9 Å². The summed E-state index contributed by atoms with van der Waals surface area (Å²) in [4.78, 5) is 37.5. The summed E-state index contributed by atoms with van der Waals surface area (Å²) in [5.74, 6) is -0.647. The average molecular weight is 474 g/mol. The third kappa shape index (κ3) is 4.47. The van der Waals surface area contributed by atoms with Gasteiger partial charge in [0, 0.05) is 5.56 Å². The summed E-state index contributed by atoms with van der Waals surface area (Å²) in [5, 5.41) is 13.5. The number of rotatable bonds is 6. The first-order chi connectivity index (χ1) is 17.0. The van der Waals surface area contributed by atoms with Crippen molar-refractivity contribution in [2.24, 2.45) is 5.73 Å². The Hall–Kier alpha value is -4.19. The predicted molar refractivity (Wildman–Crippen MR) is 124 cm³/mol. The van der Waals surface area contributed by atoms with Crippen LogP contribution in [-0.2, 0) is 9.47 Å². The molecule has 0 saturated carbocycles. The van der Waals surface area contributed by atoms with Crippen LogP contribution in [0.4, 0.5) is 5.82 Å². The quantitative estimate of drug-likeness (QED) is 0.353. The van der Waals surface area contributed by atoms with Gasteiger partial charge in [-0.3, -0.25) is 9.36 Å². The van der Waals surface area contributed by atoms with Crippen molar-refractivity contribution in [2.45, 2.75) is 24.5 Å². The fourth-order valence-electron chi connectivity index (χ4n) is 3.86. The fraction of sp³-hybridized carbons (Fsp3) is 0.208. The van der Waals surface area contributed by atoms with Crippen molar-refractivity contribution in [1.29, 1.82) is 0 Å². The Morgan fingerprint density at radius 3 is 2.43 bits per heavy atom. The molecule has 5 rings (SSSR count). The van der Waals surface area contributed by atoms with Gasteiger partial charge in [-0.15, -0.1) is 0 Å². The molecule has 0 spiro atoms. The second kappa shape index (κ2) is 9.58. The molecule has 11 heteroatoms. The molecule has 0 radical (unpaired) electrons. The van der Waals surface area contributed by atoms with E-state index < -0.39 is 30.4 Å². The zero-order chi connectivity index (χ0) is 24.4. The minimum atomic E-state index is -1.12. The van der Waals surface area contributed by atoms with Crippen molar-refractivity contribution in [3.63, 3.8) is 0 Å². The molecule has 4 aromatic rings. The van der Waals surface area contributed by atoms with Gasteiger partial charge in [0.25, 0.3) is 5.91 Å². The van der Waals surface area contributed by atoms with E-state index in [1.807, 2.05) is 6.07 Å². The number of aromatic nitrogens is 4. The van der Waals surface area contributed by atoms with Crippen molar-refractivity contribution in [1.82, 2.24) is 19.5 Å². The molecule has 1 saturated heterocycles. The van der Waals surface area contributed by atoms with Crippen LogP contribution in [0.3, 0.4) is 0 Å². The highest BCUT2D eigenvalue weighted by molar-refractivity contribution is 6.06. The molecule has 0 unspecified atom stereocenters. The molecule has 35 heavy (non-hydrogen) atoms. The number of aliphatic hydroxyl groups excluding tert-OH is 1. The molecule has 1 amide bonds. The van der Waals surface area contributed by atoms with Gasteiger partial charge in [-0.1, -0.05) is 36.4 Å². The van der Waals surface area contributed by atoms with Crippen LogP contribution in [0.2, 0.25) is 0 Å². The number of anilines is 1. The Labute approximate surface area is 199 Å². The summed E-state index contributed by atoms with van der Waals surface area (Å²) >= 11 is 0. The number of imidazole rings is 1. The monoisotopic (exact) mass is 474 g/mol. The minimum absolute atomic E-state index is 0.136. The summed E-state index contributed by atoms with van der Waals surface area (Å²) in [6.45, 7) is -0.136. The number of ether oxygens (including phenoxy) is 2. The van der Waals surface area contributed by atoms with E-state index >= 15 is 0 Å². The normalized spacial score (nSPS) is 21.7. The number of amides is 1. The maximum Gasteiger partial charge on any atom is 0.338 e. The van der Waals surface area contributed by atoms with Crippen LogP contribution in [0.25, 0.3) is 11.2 Å². The number of carbonyl (C=O) groups excluding carboxylic acids is 2. The van der Waals surface area contributed by atoms with Crippen LogP contribution in [-0.4, -0.2) is 61.4 Å². The molecule has 11 nitrogen and oxygen atoms in total. The van der Waals surface area contributed by atoms with Crippen LogP contribution >= 0.6 is 0 Å². The average Bonchev–Trinajstić information content (AvgIpc) is 3.45. The number of esters is 1. The van der Waals surface area contributed by atoms with Crippen LogP contribution in [0.15, 0.2) is 73.3 Å². The SMILES string of the molecule is N[C@H]1[C@H](O)[C@H](n2cnc3c(NC(=O)c4ccccc4)ncnc32)O[C@@H]1COC(=O)c1ccccc1. The highest BCUT2D eigenvalue weighted by Crippen LogP contribution is 2.31. The number of hydrogen-bond acceptors (Lipinski definition) is 9. The first-order valence-electron chi connectivity index (χ1n) is 10.9. The lowest BCUT2D eigenvalue weighted by atomic mass is 10.1. The summed E-state index contributed by atoms with van der Waals surface area (Å²) < 4.78 is 12.8. The van der Waals surface area contributed by atoms with Crippen LogP contribution in [0.5, 0.6) is 0 Å². The molecule has 0 bridgehead atoms. The third-order valence-electron chi connectivity index (χ3n) is 5.72. The van der Waals surface area contributed by atoms with Crippen molar-refractivity contribution in [3.8, 4) is 0 Å². The van der Waals surface area contributed by atoms with Crippen molar-refractivity contribution < 1.29 is 24.2 Å². The maximum atomic E-state index is 12.6. The van der Waals surface area contributed by atoms with Crippen molar-refractivity contribution in [3.05, 3.63) is 84.4 Å². The number of nitrogens with two attached hydrogens (primary N) is 1. The first kappa shape index (κ1) is 22.6. The third-order valence-corrected chi connectivity index (χ3v) is 5.72.